The first-order valence-corrected chi connectivity index (χ1v) is 20.7. The zero-order valence-corrected chi connectivity index (χ0v) is 35.1. The number of nitrogens with zero attached hydrogens (tertiary/aromatic N) is 2. The van der Waals surface area contributed by atoms with Crippen LogP contribution in [0.3, 0.4) is 0 Å². The maximum absolute atomic E-state index is 14.2. The van der Waals surface area contributed by atoms with Crippen LogP contribution in [-0.4, -0.2) is 51.3 Å². The number of ether oxygens (including phenoxy) is 4. The Morgan fingerprint density at radius 3 is 1.20 bits per heavy atom. The predicted octanol–water partition coefficient (Wildman–Crippen LogP) is 11.1. The number of amides is 3. The van der Waals surface area contributed by atoms with Gasteiger partial charge in [0.05, 0.1) is 44.9 Å². The number of benzene rings is 9. The second kappa shape index (κ2) is 14.7. The second-order valence-corrected chi connectivity index (χ2v) is 15.7. The molecular formula is C54H38N2O8. The molecule has 0 radical (unpaired) electrons. The van der Waals surface area contributed by atoms with Gasteiger partial charge in [0.15, 0.2) is 6.23 Å². The van der Waals surface area contributed by atoms with E-state index in [4.69, 9.17) is 18.9 Å². The molecule has 10 heteroatoms. The minimum absolute atomic E-state index is 0.336. The molecule has 9 aromatic rings. The number of carbonyl (C=O) groups excluding carboxylic acids is 3. The zero-order valence-electron chi connectivity index (χ0n) is 35.1. The van der Waals surface area contributed by atoms with Gasteiger partial charge in [0.1, 0.15) is 23.0 Å². The van der Waals surface area contributed by atoms with Gasteiger partial charge >= 0.3 is 0 Å². The molecule has 0 aromatic heterocycles. The van der Waals surface area contributed by atoms with Crippen LogP contribution in [0.25, 0.3) is 65.3 Å². The fourth-order valence-corrected chi connectivity index (χ4v) is 9.85. The fourth-order valence-electron chi connectivity index (χ4n) is 9.85. The number of imide groups is 1. The van der Waals surface area contributed by atoms with Gasteiger partial charge in [-0.1, -0.05) is 78.9 Å². The summed E-state index contributed by atoms with van der Waals surface area (Å²) in [4.78, 5) is 45.1. The molecule has 1 N–H and O–H groups in total. The summed E-state index contributed by atoms with van der Waals surface area (Å²) in [5.41, 5.74) is 6.66. The average molecular weight is 843 g/mol. The van der Waals surface area contributed by atoms with E-state index in [9.17, 15) is 19.5 Å². The largest absolute Gasteiger partial charge is 0.496 e. The van der Waals surface area contributed by atoms with Crippen molar-refractivity contribution in [2.45, 2.75) is 6.23 Å². The number of methoxy groups -OCH3 is 4. The summed E-state index contributed by atoms with van der Waals surface area (Å²) >= 11 is 0. The Kier molecular flexibility index (Phi) is 8.90. The Hall–Kier alpha value is -8.21. The predicted molar refractivity (Wildman–Crippen MR) is 249 cm³/mol. The Morgan fingerprint density at radius 2 is 0.781 bits per heavy atom. The van der Waals surface area contributed by atoms with Crippen LogP contribution in [-0.2, 0) is 0 Å². The molecule has 0 saturated heterocycles. The normalized spacial score (nSPS) is 14.5. The lowest BCUT2D eigenvalue weighted by Gasteiger charge is -2.34. The van der Waals surface area contributed by atoms with E-state index in [1.165, 1.54) is 9.80 Å². The quantitative estimate of drug-likeness (QED) is 0.119. The van der Waals surface area contributed by atoms with Gasteiger partial charge in [-0.2, -0.15) is 0 Å². The smallest absolute Gasteiger partial charge is 0.265 e. The summed E-state index contributed by atoms with van der Waals surface area (Å²) in [6, 6.07) is 45.6. The molecule has 0 bridgehead atoms. The minimum Gasteiger partial charge on any atom is -0.496 e. The summed E-state index contributed by atoms with van der Waals surface area (Å²) in [5.74, 6) is 0.937. The lowest BCUT2D eigenvalue weighted by Crippen LogP contribution is -2.40. The van der Waals surface area contributed by atoms with Crippen molar-refractivity contribution in [3.8, 4) is 45.3 Å². The molecule has 11 rings (SSSR count). The van der Waals surface area contributed by atoms with Crippen molar-refractivity contribution in [2.24, 2.45) is 0 Å². The molecule has 2 heterocycles. The summed E-state index contributed by atoms with van der Waals surface area (Å²) < 4.78 is 22.5. The maximum Gasteiger partial charge on any atom is 0.265 e. The number of rotatable bonds is 8. The zero-order chi connectivity index (χ0) is 44.0. The van der Waals surface area contributed by atoms with Gasteiger partial charge in [-0.15, -0.1) is 0 Å². The number of hydrogen-bond acceptors (Lipinski definition) is 8. The van der Waals surface area contributed by atoms with E-state index in [-0.39, 0.29) is 5.91 Å². The molecule has 1 unspecified atom stereocenters. The third kappa shape index (κ3) is 5.45. The summed E-state index contributed by atoms with van der Waals surface area (Å²) in [5, 5.41) is 18.2. The highest BCUT2D eigenvalue weighted by Gasteiger charge is 2.37. The molecular weight excluding hydrogens is 805 g/mol. The highest BCUT2D eigenvalue weighted by molar-refractivity contribution is 6.36. The number of hydrogen-bond donors (Lipinski definition) is 1. The van der Waals surface area contributed by atoms with Crippen molar-refractivity contribution in [3.05, 3.63) is 168 Å². The third-order valence-corrected chi connectivity index (χ3v) is 12.7. The summed E-state index contributed by atoms with van der Waals surface area (Å²) in [6.07, 6.45) is -1.25. The molecule has 9 aromatic carbocycles. The second-order valence-electron chi connectivity index (χ2n) is 15.7. The Labute approximate surface area is 367 Å². The lowest BCUT2D eigenvalue weighted by molar-refractivity contribution is 0.0871. The average Bonchev–Trinajstić information content (AvgIpc) is 3.34. The van der Waals surface area contributed by atoms with Crippen LogP contribution < -0.4 is 28.7 Å². The van der Waals surface area contributed by atoms with Crippen LogP contribution in [0.1, 0.15) is 42.9 Å². The highest BCUT2D eigenvalue weighted by Crippen LogP contribution is 2.48. The van der Waals surface area contributed by atoms with E-state index in [0.717, 1.165) is 43.8 Å². The van der Waals surface area contributed by atoms with Crippen molar-refractivity contribution in [3.63, 3.8) is 0 Å². The molecule has 1 atom stereocenters. The van der Waals surface area contributed by atoms with Crippen molar-refractivity contribution < 1.29 is 38.4 Å². The maximum atomic E-state index is 14.2. The monoisotopic (exact) mass is 842 g/mol. The molecule has 64 heavy (non-hydrogen) atoms. The summed E-state index contributed by atoms with van der Waals surface area (Å²) in [7, 11) is 6.22. The number of fused-ring (bicyclic) bond motifs is 2. The molecule has 2 aliphatic heterocycles. The lowest BCUT2D eigenvalue weighted by atomic mass is 9.86. The van der Waals surface area contributed by atoms with Crippen molar-refractivity contribution >= 4 is 72.2 Å². The molecule has 0 aliphatic carbocycles. The van der Waals surface area contributed by atoms with Crippen LogP contribution in [0.4, 0.5) is 11.4 Å². The Morgan fingerprint density at radius 1 is 0.406 bits per heavy atom. The van der Waals surface area contributed by atoms with Crippen LogP contribution in [0.15, 0.2) is 146 Å². The first-order chi connectivity index (χ1) is 31.3. The molecule has 0 saturated carbocycles. The standard InChI is InChI=1S/C54H38N2O8/c1-61-41-25-21-37-47-38(22-26-42(62-2)49(41)47)52(58)55(51(37)57)31-17-13-29(14-18-31)45-33-9-5-7-11-35(33)46(36-12-8-6-10-34(36)45)30-15-19-32(20-16-30)56-53(59)39-23-27-43(63-3)50-44(64-4)28-24-40(48(39)50)54(56)60/h5-28,51,57H,1-4H3. The summed E-state index contributed by atoms with van der Waals surface area (Å²) in [6.45, 7) is 0. The minimum atomic E-state index is -1.25. The first-order valence-electron chi connectivity index (χ1n) is 20.7. The van der Waals surface area contributed by atoms with Crippen LogP contribution in [0.2, 0.25) is 0 Å². The van der Waals surface area contributed by atoms with Crippen LogP contribution in [0, 0.1) is 0 Å². The Balaban J connectivity index is 0.973. The third-order valence-electron chi connectivity index (χ3n) is 12.7. The number of aliphatic hydroxyl groups is 1. The Bertz CT molecular complexity index is 3350. The number of carbonyl (C=O) groups is 3. The molecule has 312 valence electrons. The van der Waals surface area contributed by atoms with Crippen molar-refractivity contribution in [1.82, 2.24) is 0 Å². The highest BCUT2D eigenvalue weighted by atomic mass is 16.5. The van der Waals surface area contributed by atoms with Gasteiger partial charge in [0.25, 0.3) is 17.7 Å². The van der Waals surface area contributed by atoms with E-state index in [0.29, 0.717) is 78.2 Å². The van der Waals surface area contributed by atoms with E-state index in [1.807, 2.05) is 72.8 Å². The molecule has 3 amide bonds. The molecule has 0 fully saturated rings. The number of aliphatic hydroxyl groups excluding tert-OH is 1. The van der Waals surface area contributed by atoms with E-state index < -0.39 is 18.0 Å². The van der Waals surface area contributed by atoms with Gasteiger partial charge in [0, 0.05) is 38.7 Å². The molecule has 2 aliphatic rings. The molecule has 0 spiro atoms. The van der Waals surface area contributed by atoms with Crippen LogP contribution in [0.5, 0.6) is 23.0 Å². The van der Waals surface area contributed by atoms with Crippen LogP contribution >= 0.6 is 0 Å². The SMILES string of the molecule is COc1ccc2c3c(ccc(OC)c13)C(=O)N(c1ccc(-c3c4ccccc4c(-c4ccc(N5C(=O)c6ccc(OC)c7c(OC)ccc(c67)C5O)cc4)c4ccccc34)cc1)C2=O. The van der Waals surface area contributed by atoms with Crippen molar-refractivity contribution in [2.75, 3.05) is 38.2 Å². The number of anilines is 2. The van der Waals surface area contributed by atoms with Gasteiger partial charge in [-0.3, -0.25) is 19.3 Å². The topological polar surface area (TPSA) is 115 Å². The van der Waals surface area contributed by atoms with E-state index >= 15 is 0 Å². The van der Waals surface area contributed by atoms with Gasteiger partial charge in [0.2, 0.25) is 0 Å². The van der Waals surface area contributed by atoms with Crippen molar-refractivity contribution in [1.29, 1.82) is 0 Å². The fraction of sp³-hybridized carbons (Fsp3) is 0.0926. The van der Waals surface area contributed by atoms with E-state index in [2.05, 4.69) is 24.3 Å². The first kappa shape index (κ1) is 38.7. The van der Waals surface area contributed by atoms with Gasteiger partial charge in [-0.05, 0) is 111 Å². The van der Waals surface area contributed by atoms with Gasteiger partial charge in [-0.25, -0.2) is 4.90 Å². The molecule has 10 nitrogen and oxygen atoms in total. The van der Waals surface area contributed by atoms with Gasteiger partial charge < -0.3 is 24.1 Å². The van der Waals surface area contributed by atoms with E-state index in [1.54, 1.807) is 77.0 Å².